The van der Waals surface area contributed by atoms with Gasteiger partial charge in [-0.15, -0.1) is 10.2 Å². The summed E-state index contributed by atoms with van der Waals surface area (Å²) >= 11 is 1.11. The van der Waals surface area contributed by atoms with Crippen LogP contribution in [0.25, 0.3) is 0 Å². The zero-order valence-electron chi connectivity index (χ0n) is 12.0. The largest absolute Gasteiger partial charge is 0.508 e. The minimum Gasteiger partial charge on any atom is -0.508 e. The number of aromatic nitrogens is 2. The van der Waals surface area contributed by atoms with Crippen LogP contribution < -0.4 is 0 Å². The first-order valence-corrected chi connectivity index (χ1v) is 9.72. The minimum atomic E-state index is -3.01. The number of carbonyl (C=O) groups is 1. The first kappa shape index (κ1) is 16.0. The van der Waals surface area contributed by atoms with E-state index in [0.717, 1.165) is 11.8 Å². The summed E-state index contributed by atoms with van der Waals surface area (Å²) < 4.78 is 28.4. The lowest BCUT2D eigenvalue weighted by molar-refractivity contribution is 0.102. The van der Waals surface area contributed by atoms with Crippen LogP contribution in [0.15, 0.2) is 33.9 Å². The number of ketones is 1. The Bertz CT molecular complexity index is 814. The van der Waals surface area contributed by atoms with Gasteiger partial charge in [-0.3, -0.25) is 4.79 Å². The number of phenolic OH excluding ortho intramolecular Hbond substituents is 1. The summed E-state index contributed by atoms with van der Waals surface area (Å²) in [5, 5.41) is 17.2. The Hall–Kier alpha value is -1.87. The molecule has 7 nitrogen and oxygen atoms in total. The fourth-order valence-electron chi connectivity index (χ4n) is 2.29. The topological polar surface area (TPSA) is 110 Å². The predicted octanol–water partition coefficient (Wildman–Crippen LogP) is 1.65. The maximum absolute atomic E-state index is 12.0. The van der Waals surface area contributed by atoms with Gasteiger partial charge in [0.25, 0.3) is 5.22 Å². The zero-order valence-corrected chi connectivity index (χ0v) is 13.6. The molecule has 0 amide bonds. The summed E-state index contributed by atoms with van der Waals surface area (Å²) in [6, 6.07) is 5.98. The molecule has 2 aromatic rings. The molecule has 1 aromatic heterocycles. The van der Waals surface area contributed by atoms with Gasteiger partial charge in [0.1, 0.15) is 5.75 Å². The van der Waals surface area contributed by atoms with E-state index in [1.807, 2.05) is 0 Å². The van der Waals surface area contributed by atoms with Crippen molar-refractivity contribution in [3.63, 3.8) is 0 Å². The van der Waals surface area contributed by atoms with E-state index in [9.17, 15) is 18.3 Å². The van der Waals surface area contributed by atoms with Crippen molar-refractivity contribution in [2.45, 2.75) is 17.6 Å². The second-order valence-electron chi connectivity index (χ2n) is 5.26. The van der Waals surface area contributed by atoms with Crippen LogP contribution in [0.4, 0.5) is 0 Å². The maximum atomic E-state index is 12.0. The zero-order chi connectivity index (χ0) is 16.4. The molecular formula is C14H14N2O5S2. The molecule has 1 fully saturated rings. The van der Waals surface area contributed by atoms with Crippen molar-refractivity contribution in [3.8, 4) is 5.75 Å². The van der Waals surface area contributed by atoms with Gasteiger partial charge in [0, 0.05) is 5.56 Å². The molecule has 2 heterocycles. The lowest BCUT2D eigenvalue weighted by Crippen LogP contribution is -2.03. The van der Waals surface area contributed by atoms with Crippen LogP contribution in [0, 0.1) is 0 Å². The standard InChI is InChI=1S/C14H14N2O5S2/c17-11-3-1-9(2-4-11)12(18)7-22-14-16-15-13(21-14)10-5-6-23(19,20)8-10/h1-4,10,17H,5-8H2/t10-/m1/s1. The molecule has 0 bridgehead atoms. The van der Waals surface area contributed by atoms with Crippen molar-refractivity contribution in [3.05, 3.63) is 35.7 Å². The number of hydrogen-bond acceptors (Lipinski definition) is 8. The molecule has 1 aromatic carbocycles. The molecule has 1 atom stereocenters. The smallest absolute Gasteiger partial charge is 0.277 e. The van der Waals surface area contributed by atoms with Gasteiger partial charge in [0.2, 0.25) is 5.89 Å². The van der Waals surface area contributed by atoms with Gasteiger partial charge < -0.3 is 9.52 Å². The van der Waals surface area contributed by atoms with E-state index in [0.29, 0.717) is 17.9 Å². The number of hydrogen-bond donors (Lipinski definition) is 1. The molecule has 0 saturated carbocycles. The van der Waals surface area contributed by atoms with Crippen molar-refractivity contribution in [2.75, 3.05) is 17.3 Å². The highest BCUT2D eigenvalue weighted by Gasteiger charge is 2.32. The fourth-order valence-corrected chi connectivity index (χ4v) is 4.69. The number of benzene rings is 1. The van der Waals surface area contributed by atoms with E-state index >= 15 is 0 Å². The Labute approximate surface area is 137 Å². The molecule has 0 spiro atoms. The lowest BCUT2D eigenvalue weighted by Gasteiger charge is -2.00. The van der Waals surface area contributed by atoms with Crippen LogP contribution in [0.2, 0.25) is 0 Å². The fraction of sp³-hybridized carbons (Fsp3) is 0.357. The third kappa shape index (κ3) is 3.91. The maximum Gasteiger partial charge on any atom is 0.277 e. The number of carbonyl (C=O) groups excluding carboxylic acids is 1. The van der Waals surface area contributed by atoms with Gasteiger partial charge in [-0.2, -0.15) is 0 Å². The van der Waals surface area contributed by atoms with Gasteiger partial charge >= 0.3 is 0 Å². The van der Waals surface area contributed by atoms with E-state index in [-0.39, 0.29) is 39.9 Å². The molecule has 1 aliphatic rings. The van der Waals surface area contributed by atoms with Gasteiger partial charge in [0.15, 0.2) is 15.6 Å². The molecule has 122 valence electrons. The van der Waals surface area contributed by atoms with Crippen molar-refractivity contribution in [2.24, 2.45) is 0 Å². The second kappa shape index (κ2) is 6.32. The summed E-state index contributed by atoms with van der Waals surface area (Å²) in [6.07, 6.45) is 0.487. The number of thioether (sulfide) groups is 1. The van der Waals surface area contributed by atoms with Crippen molar-refractivity contribution >= 4 is 27.4 Å². The lowest BCUT2D eigenvalue weighted by atomic mass is 10.1. The van der Waals surface area contributed by atoms with Gasteiger partial charge in [-0.25, -0.2) is 8.42 Å². The highest BCUT2D eigenvalue weighted by atomic mass is 32.2. The Balaban J connectivity index is 1.59. The molecule has 0 unspecified atom stereocenters. The molecule has 1 saturated heterocycles. The minimum absolute atomic E-state index is 0.0335. The van der Waals surface area contributed by atoms with Crippen LogP contribution in [-0.2, 0) is 9.84 Å². The number of rotatable bonds is 5. The van der Waals surface area contributed by atoms with Crippen LogP contribution in [-0.4, -0.2) is 46.8 Å². The van der Waals surface area contributed by atoms with Crippen LogP contribution in [0.5, 0.6) is 5.75 Å². The number of sulfone groups is 1. The number of phenols is 1. The molecule has 1 N–H and O–H groups in total. The average molecular weight is 354 g/mol. The van der Waals surface area contributed by atoms with Crippen molar-refractivity contribution < 1.29 is 22.7 Å². The Kier molecular flexibility index (Phi) is 4.40. The van der Waals surface area contributed by atoms with Crippen LogP contribution in [0.3, 0.4) is 0 Å². The molecule has 1 aliphatic heterocycles. The third-order valence-electron chi connectivity index (χ3n) is 3.52. The van der Waals surface area contributed by atoms with Gasteiger partial charge in [-0.05, 0) is 30.7 Å². The highest BCUT2D eigenvalue weighted by Crippen LogP contribution is 2.29. The van der Waals surface area contributed by atoms with Crippen LogP contribution in [0.1, 0.15) is 28.6 Å². The summed E-state index contributed by atoms with van der Waals surface area (Å²) in [5.74, 6) is 0.323. The van der Waals surface area contributed by atoms with E-state index in [2.05, 4.69) is 10.2 Å². The van der Waals surface area contributed by atoms with E-state index < -0.39 is 9.84 Å². The third-order valence-corrected chi connectivity index (χ3v) is 6.11. The van der Waals surface area contributed by atoms with E-state index in [4.69, 9.17) is 4.42 Å². The van der Waals surface area contributed by atoms with Crippen LogP contribution >= 0.6 is 11.8 Å². The molecule has 3 rings (SSSR count). The van der Waals surface area contributed by atoms with Gasteiger partial charge in [-0.1, -0.05) is 11.8 Å². The van der Waals surface area contributed by atoms with Crippen molar-refractivity contribution in [1.29, 1.82) is 0 Å². The summed E-state index contributed by atoms with van der Waals surface area (Å²) in [7, 11) is -3.01. The van der Waals surface area contributed by atoms with E-state index in [1.165, 1.54) is 12.1 Å². The average Bonchev–Trinajstić information content (AvgIpc) is 3.11. The monoisotopic (exact) mass is 354 g/mol. The summed E-state index contributed by atoms with van der Waals surface area (Å²) in [4.78, 5) is 12.0. The molecular weight excluding hydrogens is 340 g/mol. The Morgan fingerprint density at radius 3 is 2.70 bits per heavy atom. The molecule has 0 aliphatic carbocycles. The Morgan fingerprint density at radius 1 is 1.30 bits per heavy atom. The molecule has 0 radical (unpaired) electrons. The molecule has 9 heteroatoms. The quantitative estimate of drug-likeness (QED) is 0.637. The first-order chi connectivity index (χ1) is 10.9. The predicted molar refractivity (Wildman–Crippen MR) is 83.5 cm³/mol. The van der Waals surface area contributed by atoms with Gasteiger partial charge in [0.05, 0.1) is 23.2 Å². The number of nitrogens with zero attached hydrogens (tertiary/aromatic N) is 2. The normalized spacial score (nSPS) is 19.7. The second-order valence-corrected chi connectivity index (χ2v) is 8.42. The number of Topliss-reactive ketones (excluding diaryl/α,β-unsaturated/α-hetero) is 1. The molecule has 23 heavy (non-hydrogen) atoms. The first-order valence-electron chi connectivity index (χ1n) is 6.92. The highest BCUT2D eigenvalue weighted by molar-refractivity contribution is 7.99. The number of aromatic hydroxyl groups is 1. The van der Waals surface area contributed by atoms with E-state index in [1.54, 1.807) is 12.1 Å². The van der Waals surface area contributed by atoms with Crippen molar-refractivity contribution in [1.82, 2.24) is 10.2 Å². The Morgan fingerprint density at radius 2 is 2.04 bits per heavy atom. The summed E-state index contributed by atoms with van der Waals surface area (Å²) in [5.41, 5.74) is 0.483. The summed E-state index contributed by atoms with van der Waals surface area (Å²) in [6.45, 7) is 0. The SMILES string of the molecule is O=C(CSc1nnc([C@@H]2CCS(=O)(=O)C2)o1)c1ccc(O)cc1.